The van der Waals surface area contributed by atoms with Crippen LogP contribution in [0.1, 0.15) is 90.2 Å². The Balaban J connectivity index is 0.000000201. The fourth-order valence-corrected chi connectivity index (χ4v) is 9.26. The molecule has 4 N–H and O–H groups in total. The number of ether oxygens (including phenoxy) is 2. The Morgan fingerprint density at radius 3 is 1.28 bits per heavy atom. The Morgan fingerprint density at radius 1 is 0.588 bits per heavy atom. The molecule has 6 aromatic rings. The van der Waals surface area contributed by atoms with Gasteiger partial charge in [0.15, 0.2) is 0 Å². The van der Waals surface area contributed by atoms with E-state index in [4.69, 9.17) is 30.9 Å². The summed E-state index contributed by atoms with van der Waals surface area (Å²) >= 11 is 0. The molecule has 6 atom stereocenters. The van der Waals surface area contributed by atoms with Gasteiger partial charge in [0, 0.05) is 62.8 Å². The molecule has 0 spiro atoms. The number of benzene rings is 4. The van der Waals surface area contributed by atoms with E-state index in [1.807, 2.05) is 70.7 Å². The van der Waals surface area contributed by atoms with Crippen LogP contribution in [0.25, 0.3) is 22.5 Å². The predicted octanol–water partition coefficient (Wildman–Crippen LogP) is 8.80. The van der Waals surface area contributed by atoms with Crippen molar-refractivity contribution in [1.82, 2.24) is 28.9 Å². The highest BCUT2D eigenvalue weighted by atomic mass is 19.1. The summed E-state index contributed by atoms with van der Waals surface area (Å²) in [5.74, 6) is 0.735. The number of hydrogen-bond donors (Lipinski definition) is 2. The third-order valence-corrected chi connectivity index (χ3v) is 12.4. The second-order valence-electron chi connectivity index (χ2n) is 20.0. The van der Waals surface area contributed by atoms with E-state index in [-0.39, 0.29) is 58.6 Å². The first-order valence-electron chi connectivity index (χ1n) is 23.4. The number of nitrogens with two attached hydrogens (primary N) is 2. The van der Waals surface area contributed by atoms with Gasteiger partial charge in [-0.2, -0.15) is 0 Å². The molecular weight excluding hydrogens is 863 g/mol. The first-order chi connectivity index (χ1) is 32.3. The smallest absolute Gasteiger partial charge is 0.252 e. The van der Waals surface area contributed by atoms with Gasteiger partial charge in [-0.3, -0.25) is 9.59 Å². The van der Waals surface area contributed by atoms with Gasteiger partial charge in [-0.25, -0.2) is 18.7 Å². The van der Waals surface area contributed by atoms with Crippen LogP contribution in [0.4, 0.5) is 8.78 Å². The second-order valence-corrected chi connectivity index (χ2v) is 20.0. The summed E-state index contributed by atoms with van der Waals surface area (Å²) in [5.41, 5.74) is 16.2. The van der Waals surface area contributed by atoms with Crippen LogP contribution in [0, 0.1) is 22.5 Å². The topological polar surface area (TPSA) is 147 Å². The minimum Gasteiger partial charge on any atom is -0.362 e. The minimum absolute atomic E-state index is 0.0776. The van der Waals surface area contributed by atoms with Gasteiger partial charge in [-0.1, -0.05) is 126 Å². The van der Waals surface area contributed by atoms with Crippen LogP contribution in [0.15, 0.2) is 122 Å². The molecule has 2 saturated heterocycles. The van der Waals surface area contributed by atoms with E-state index in [1.54, 1.807) is 26.0 Å². The molecule has 2 aliphatic heterocycles. The standard InChI is InChI=1S/2C27H33FN4O2/c2*1-18-26(33)32(16-22(14-29)34-18)24(27(2,3)4)25-30-23(20-11-8-12-21(28)13-20)17-31(25)15-19-9-6-5-7-10-19/h2*5-13,17-18,22,24H,14-16,29H2,1-4H3/t18-,22+,24-;18-,22-,24+/m01/s1. The lowest BCUT2D eigenvalue weighted by atomic mass is 9.84. The van der Waals surface area contributed by atoms with E-state index in [2.05, 4.69) is 74.9 Å². The van der Waals surface area contributed by atoms with Crippen molar-refractivity contribution >= 4 is 11.8 Å². The molecule has 360 valence electrons. The average Bonchev–Trinajstić information content (AvgIpc) is 3.90. The zero-order chi connectivity index (χ0) is 48.9. The molecule has 68 heavy (non-hydrogen) atoms. The molecule has 14 heteroatoms. The van der Waals surface area contributed by atoms with Crippen LogP contribution in [-0.4, -0.2) is 91.3 Å². The van der Waals surface area contributed by atoms with Crippen LogP contribution in [0.2, 0.25) is 0 Å². The molecule has 0 bridgehead atoms. The van der Waals surface area contributed by atoms with Crippen molar-refractivity contribution in [3.05, 3.63) is 156 Å². The maximum atomic E-state index is 14.0. The zero-order valence-corrected chi connectivity index (χ0v) is 40.5. The Labute approximate surface area is 399 Å². The lowest BCUT2D eigenvalue weighted by Gasteiger charge is -2.45. The average molecular weight is 929 g/mol. The van der Waals surface area contributed by atoms with Crippen molar-refractivity contribution in [2.45, 2.75) is 105 Å². The first kappa shape index (κ1) is 49.8. The van der Waals surface area contributed by atoms with E-state index in [0.29, 0.717) is 61.8 Å². The molecule has 4 heterocycles. The van der Waals surface area contributed by atoms with Crippen molar-refractivity contribution < 1.29 is 27.8 Å². The molecule has 8 rings (SSSR count). The van der Waals surface area contributed by atoms with Crippen LogP contribution >= 0.6 is 0 Å². The highest BCUT2D eigenvalue weighted by Gasteiger charge is 2.45. The van der Waals surface area contributed by atoms with E-state index in [0.717, 1.165) is 22.8 Å². The molecule has 0 saturated carbocycles. The van der Waals surface area contributed by atoms with Crippen LogP contribution in [0.3, 0.4) is 0 Å². The third kappa shape index (κ3) is 11.6. The fraction of sp³-hybridized carbons (Fsp3) is 0.407. The molecule has 0 radical (unpaired) electrons. The summed E-state index contributed by atoms with van der Waals surface area (Å²) in [5, 5.41) is 0. The molecule has 12 nitrogen and oxygen atoms in total. The van der Waals surface area contributed by atoms with Gasteiger partial charge in [-0.15, -0.1) is 0 Å². The van der Waals surface area contributed by atoms with E-state index in [1.165, 1.54) is 24.3 Å². The summed E-state index contributed by atoms with van der Waals surface area (Å²) in [6.07, 6.45) is 2.27. The van der Waals surface area contributed by atoms with Crippen LogP contribution < -0.4 is 11.5 Å². The molecule has 2 aliphatic rings. The molecule has 2 aromatic heterocycles. The zero-order valence-electron chi connectivity index (χ0n) is 40.5. The normalized spacial score (nSPS) is 19.9. The van der Waals surface area contributed by atoms with Gasteiger partial charge >= 0.3 is 0 Å². The van der Waals surface area contributed by atoms with Gasteiger partial charge in [0.2, 0.25) is 0 Å². The number of hydrogen-bond acceptors (Lipinski definition) is 8. The van der Waals surface area contributed by atoms with Crippen molar-refractivity contribution in [3.63, 3.8) is 0 Å². The lowest BCUT2D eigenvalue weighted by Crippen LogP contribution is -2.56. The van der Waals surface area contributed by atoms with Crippen LogP contribution in [0.5, 0.6) is 0 Å². The molecule has 0 aliphatic carbocycles. The van der Waals surface area contributed by atoms with Gasteiger partial charge in [0.1, 0.15) is 35.5 Å². The monoisotopic (exact) mass is 929 g/mol. The highest BCUT2D eigenvalue weighted by Crippen LogP contribution is 2.42. The summed E-state index contributed by atoms with van der Waals surface area (Å²) in [4.78, 5) is 40.4. The number of imidazole rings is 2. The number of morpholine rings is 2. The number of nitrogens with zero attached hydrogens (tertiary/aromatic N) is 6. The Hall–Kier alpha value is -6.06. The maximum Gasteiger partial charge on any atom is 0.252 e. The van der Waals surface area contributed by atoms with Crippen molar-refractivity contribution in [3.8, 4) is 22.5 Å². The lowest BCUT2D eigenvalue weighted by molar-refractivity contribution is -0.167. The summed E-state index contributed by atoms with van der Waals surface area (Å²) < 4.78 is 43.8. The molecule has 2 fully saturated rings. The quantitative estimate of drug-likeness (QED) is 0.124. The van der Waals surface area contributed by atoms with Crippen molar-refractivity contribution in [2.75, 3.05) is 26.2 Å². The Morgan fingerprint density at radius 2 is 0.956 bits per heavy atom. The number of halogens is 2. The second kappa shape index (κ2) is 21.1. The summed E-state index contributed by atoms with van der Waals surface area (Å²) in [6, 6.07) is 32.4. The number of carbonyl (C=O) groups excluding carboxylic acids is 2. The number of aromatic nitrogens is 4. The number of amides is 2. The van der Waals surface area contributed by atoms with Gasteiger partial charge in [0.25, 0.3) is 11.8 Å². The SMILES string of the molecule is C[C@@H]1O[C@H](CN)CN([C@@H](c2nc(-c3cccc(F)c3)cn2Cc2ccccc2)C(C)(C)C)C1=O.C[C@H]1O[C@H](CN)CN([C@@H](c2nc(-c3cccc(F)c3)cn2Cc2ccccc2)C(C)(C)C)C1=O. The largest absolute Gasteiger partial charge is 0.362 e. The number of carbonyl (C=O) groups is 2. The predicted molar refractivity (Wildman–Crippen MR) is 261 cm³/mol. The molecule has 2 amide bonds. The first-order valence-corrected chi connectivity index (χ1v) is 23.4. The molecule has 0 unspecified atom stereocenters. The highest BCUT2D eigenvalue weighted by molar-refractivity contribution is 5.82. The third-order valence-electron chi connectivity index (χ3n) is 12.4. The summed E-state index contributed by atoms with van der Waals surface area (Å²) in [6.45, 7) is 18.8. The van der Waals surface area contributed by atoms with E-state index >= 15 is 0 Å². The Kier molecular flexibility index (Phi) is 15.4. The van der Waals surface area contributed by atoms with Crippen LogP contribution in [-0.2, 0) is 32.2 Å². The Bertz CT molecular complexity index is 2460. The number of rotatable bonds is 12. The molecular formula is C54H66F2N8O4. The maximum absolute atomic E-state index is 14.0. The fourth-order valence-electron chi connectivity index (χ4n) is 9.26. The van der Waals surface area contributed by atoms with E-state index in [9.17, 15) is 18.4 Å². The van der Waals surface area contributed by atoms with Gasteiger partial charge < -0.3 is 39.9 Å². The van der Waals surface area contributed by atoms with Crippen molar-refractivity contribution in [2.24, 2.45) is 22.3 Å². The minimum atomic E-state index is -0.577. The van der Waals surface area contributed by atoms with Gasteiger partial charge in [-0.05, 0) is 60.1 Å². The molecule has 4 aromatic carbocycles. The van der Waals surface area contributed by atoms with Gasteiger partial charge in [0.05, 0.1) is 35.7 Å². The summed E-state index contributed by atoms with van der Waals surface area (Å²) in [7, 11) is 0. The van der Waals surface area contributed by atoms with Crippen molar-refractivity contribution in [1.29, 1.82) is 0 Å². The van der Waals surface area contributed by atoms with E-state index < -0.39 is 12.2 Å².